The number of ether oxygens (including phenoxy) is 3. The summed E-state index contributed by atoms with van der Waals surface area (Å²) in [5.41, 5.74) is 2.40. The van der Waals surface area contributed by atoms with Crippen LogP contribution in [0.4, 0.5) is 0 Å². The lowest BCUT2D eigenvalue weighted by Gasteiger charge is -2.27. The quantitative estimate of drug-likeness (QED) is 0.504. The van der Waals surface area contributed by atoms with Crippen LogP contribution in [0.5, 0.6) is 11.5 Å². The van der Waals surface area contributed by atoms with Crippen LogP contribution in [-0.2, 0) is 11.3 Å². The first-order chi connectivity index (χ1) is 15.9. The summed E-state index contributed by atoms with van der Waals surface area (Å²) in [5.74, 6) is 0.158. The second kappa shape index (κ2) is 9.76. The average molecular weight is 456 g/mol. The lowest BCUT2D eigenvalue weighted by molar-refractivity contribution is -0.0842. The van der Waals surface area contributed by atoms with Crippen molar-refractivity contribution in [1.82, 2.24) is 15.0 Å². The minimum absolute atomic E-state index is 0.0447. The van der Waals surface area contributed by atoms with Crippen molar-refractivity contribution < 1.29 is 29.2 Å². The highest BCUT2D eigenvalue weighted by Gasteiger charge is 2.30. The third kappa shape index (κ3) is 4.65. The zero-order chi connectivity index (χ0) is 23.5. The van der Waals surface area contributed by atoms with Crippen LogP contribution in [0.15, 0.2) is 30.3 Å². The number of benzene rings is 2. The van der Waals surface area contributed by atoms with Crippen LogP contribution < -0.4 is 9.47 Å². The van der Waals surface area contributed by atoms with E-state index in [2.05, 4.69) is 10.3 Å². The maximum absolute atomic E-state index is 11.6. The van der Waals surface area contributed by atoms with Gasteiger partial charge in [0.1, 0.15) is 29.2 Å². The molecule has 1 fully saturated rings. The highest BCUT2D eigenvalue weighted by molar-refractivity contribution is 6.00. The molecule has 0 aliphatic heterocycles. The first-order valence-electron chi connectivity index (χ1n) is 11.0. The lowest BCUT2D eigenvalue weighted by Crippen LogP contribution is -2.31. The number of carboxylic acids is 1. The maximum atomic E-state index is 11.6. The Bertz CT molecular complexity index is 1110. The number of aliphatic hydroxyl groups is 1. The maximum Gasteiger partial charge on any atom is 0.338 e. The predicted octanol–water partition coefficient (Wildman–Crippen LogP) is 3.52. The average Bonchev–Trinajstić information content (AvgIpc) is 3.48. The molecular weight excluding hydrogens is 426 g/mol. The Morgan fingerprint density at radius 1 is 1.18 bits per heavy atom. The van der Waals surface area contributed by atoms with Gasteiger partial charge in [0.2, 0.25) is 0 Å². The number of carboxylic acid groups (broad SMARTS) is 1. The molecule has 3 aromatic rings. The smallest absolute Gasteiger partial charge is 0.338 e. The van der Waals surface area contributed by atoms with Crippen molar-refractivity contribution in [3.8, 4) is 11.5 Å². The zero-order valence-corrected chi connectivity index (χ0v) is 19.0. The molecule has 33 heavy (non-hydrogen) atoms. The van der Waals surface area contributed by atoms with Gasteiger partial charge in [-0.3, -0.25) is 0 Å². The van der Waals surface area contributed by atoms with Crippen molar-refractivity contribution in [2.75, 3.05) is 14.2 Å². The van der Waals surface area contributed by atoms with Gasteiger partial charge in [-0.25, -0.2) is 9.48 Å². The Labute approximate surface area is 191 Å². The molecule has 1 aliphatic rings. The molecule has 9 nitrogen and oxygen atoms in total. The van der Waals surface area contributed by atoms with E-state index in [1.54, 1.807) is 43.2 Å². The third-order valence-corrected chi connectivity index (χ3v) is 6.27. The van der Waals surface area contributed by atoms with Gasteiger partial charge in [-0.1, -0.05) is 24.1 Å². The first-order valence-corrected chi connectivity index (χ1v) is 11.0. The Balaban J connectivity index is 1.70. The molecule has 1 saturated carbocycles. The predicted molar refractivity (Wildman–Crippen MR) is 121 cm³/mol. The Morgan fingerprint density at radius 3 is 2.45 bits per heavy atom. The monoisotopic (exact) mass is 455 g/mol. The van der Waals surface area contributed by atoms with Crippen LogP contribution in [0.2, 0.25) is 0 Å². The summed E-state index contributed by atoms with van der Waals surface area (Å²) in [6, 6.07) is 8.49. The van der Waals surface area contributed by atoms with Crippen molar-refractivity contribution in [2.24, 2.45) is 0 Å². The number of hydrogen-bond acceptors (Lipinski definition) is 7. The van der Waals surface area contributed by atoms with Crippen LogP contribution in [0.25, 0.3) is 11.0 Å². The van der Waals surface area contributed by atoms with Crippen molar-refractivity contribution in [3.05, 3.63) is 47.0 Å². The molecule has 0 unspecified atom stereocenters. The van der Waals surface area contributed by atoms with Gasteiger partial charge in [-0.2, -0.15) is 0 Å². The molecule has 0 radical (unpaired) electrons. The highest BCUT2D eigenvalue weighted by atomic mass is 16.5. The standard InChI is InChI=1S/C24H29N3O6/c1-14-19(31-2)11-15(12-20(14)32-3)23(28)21(33-16-7-4-5-8-16)13-27-18-10-6-9-17(24(29)30)22(18)25-26-27/h6,9-12,16,21,23,28H,4-5,7-8,13H2,1-3H3,(H,29,30)/t21-,23+/m0/s1. The number of methoxy groups -OCH3 is 2. The highest BCUT2D eigenvalue weighted by Crippen LogP contribution is 2.35. The molecule has 4 rings (SSSR count). The van der Waals surface area contributed by atoms with Gasteiger partial charge in [0.15, 0.2) is 0 Å². The molecule has 2 N–H and O–H groups in total. The molecule has 1 heterocycles. The fourth-order valence-corrected chi connectivity index (χ4v) is 4.45. The molecule has 176 valence electrons. The van der Waals surface area contributed by atoms with Gasteiger partial charge >= 0.3 is 5.97 Å². The zero-order valence-electron chi connectivity index (χ0n) is 19.0. The number of aliphatic hydroxyl groups excluding tert-OH is 1. The summed E-state index contributed by atoms with van der Waals surface area (Å²) in [4.78, 5) is 11.6. The van der Waals surface area contributed by atoms with Gasteiger partial charge in [0, 0.05) is 5.56 Å². The normalized spacial score (nSPS) is 16.1. The summed E-state index contributed by atoms with van der Waals surface area (Å²) in [6.07, 6.45) is 2.47. The van der Waals surface area contributed by atoms with Gasteiger partial charge in [0.25, 0.3) is 0 Å². The third-order valence-electron chi connectivity index (χ3n) is 6.27. The van der Waals surface area contributed by atoms with Crippen molar-refractivity contribution >= 4 is 17.0 Å². The first kappa shape index (κ1) is 23.0. The van der Waals surface area contributed by atoms with E-state index in [4.69, 9.17) is 14.2 Å². The largest absolute Gasteiger partial charge is 0.496 e. The van der Waals surface area contributed by atoms with Crippen LogP contribution in [0.1, 0.15) is 53.3 Å². The number of rotatable bonds is 9. The van der Waals surface area contributed by atoms with Crippen LogP contribution >= 0.6 is 0 Å². The summed E-state index contributed by atoms with van der Waals surface area (Å²) in [6.45, 7) is 2.09. The molecule has 9 heteroatoms. The fraction of sp³-hybridized carbons (Fsp3) is 0.458. The summed E-state index contributed by atoms with van der Waals surface area (Å²) in [7, 11) is 3.15. The van der Waals surface area contributed by atoms with Gasteiger partial charge in [-0.05, 0) is 49.6 Å². The minimum atomic E-state index is -1.06. The molecule has 2 atom stereocenters. The molecule has 0 bridgehead atoms. The van der Waals surface area contributed by atoms with E-state index in [1.165, 1.54) is 6.07 Å². The van der Waals surface area contributed by atoms with Crippen LogP contribution in [-0.4, -0.2) is 57.6 Å². The van der Waals surface area contributed by atoms with Crippen molar-refractivity contribution in [2.45, 2.75) is 57.5 Å². The molecule has 1 aromatic heterocycles. The van der Waals surface area contributed by atoms with E-state index >= 15 is 0 Å². The molecule has 1 aliphatic carbocycles. The van der Waals surface area contributed by atoms with E-state index in [0.717, 1.165) is 31.2 Å². The Hall–Kier alpha value is -3.17. The summed E-state index contributed by atoms with van der Waals surface area (Å²) < 4.78 is 18.9. The fourth-order valence-electron chi connectivity index (χ4n) is 4.45. The number of aromatic nitrogens is 3. The van der Waals surface area contributed by atoms with Crippen molar-refractivity contribution in [1.29, 1.82) is 0 Å². The minimum Gasteiger partial charge on any atom is -0.496 e. The number of fused-ring (bicyclic) bond motifs is 1. The summed E-state index contributed by atoms with van der Waals surface area (Å²) in [5, 5.41) is 29.1. The second-order valence-corrected chi connectivity index (χ2v) is 8.33. The summed E-state index contributed by atoms with van der Waals surface area (Å²) >= 11 is 0. The van der Waals surface area contributed by atoms with E-state index in [9.17, 15) is 15.0 Å². The van der Waals surface area contributed by atoms with E-state index < -0.39 is 18.2 Å². The molecule has 0 amide bonds. The topological polar surface area (TPSA) is 116 Å². The van der Waals surface area contributed by atoms with Crippen LogP contribution in [0.3, 0.4) is 0 Å². The molecular formula is C24H29N3O6. The number of carbonyl (C=O) groups is 1. The van der Waals surface area contributed by atoms with E-state index in [0.29, 0.717) is 28.1 Å². The number of hydrogen-bond donors (Lipinski definition) is 2. The lowest BCUT2D eigenvalue weighted by atomic mass is 10.0. The van der Waals surface area contributed by atoms with E-state index in [1.807, 2.05) is 6.92 Å². The van der Waals surface area contributed by atoms with Crippen LogP contribution in [0, 0.1) is 6.92 Å². The van der Waals surface area contributed by atoms with Gasteiger partial charge in [0.05, 0.1) is 37.9 Å². The molecule has 2 aromatic carbocycles. The number of aromatic carboxylic acids is 1. The van der Waals surface area contributed by atoms with Crippen molar-refractivity contribution in [3.63, 3.8) is 0 Å². The molecule has 0 spiro atoms. The molecule has 0 saturated heterocycles. The van der Waals surface area contributed by atoms with Gasteiger partial charge in [-0.15, -0.1) is 5.10 Å². The Kier molecular flexibility index (Phi) is 6.80. The van der Waals surface area contributed by atoms with E-state index in [-0.39, 0.29) is 18.2 Å². The SMILES string of the molecule is COc1cc([C@@H](O)[C@H](Cn2nnc3c(C(=O)O)cccc32)OC2CCCC2)cc(OC)c1C. The Morgan fingerprint density at radius 2 is 1.85 bits per heavy atom. The number of nitrogens with zero attached hydrogens (tertiary/aromatic N) is 3. The second-order valence-electron chi connectivity index (χ2n) is 8.33. The van der Waals surface area contributed by atoms with Gasteiger partial charge < -0.3 is 24.4 Å².